The van der Waals surface area contributed by atoms with Crippen LogP contribution in [-0.2, 0) is 15.6 Å². The Morgan fingerprint density at radius 1 is 1.05 bits per heavy atom. The van der Waals surface area contributed by atoms with E-state index in [1.807, 2.05) is 31.2 Å². The number of aryl methyl sites for hydroxylation is 1. The molecular weight excluding hydrogens is 541 g/mol. The lowest BCUT2D eigenvalue weighted by molar-refractivity contribution is 0.466. The summed E-state index contributed by atoms with van der Waals surface area (Å²) in [4.78, 5) is 13.6. The number of hydrogen-bond donors (Lipinski definition) is 2. The topological polar surface area (TPSA) is 106 Å². The molecule has 2 aromatic carbocycles. The van der Waals surface area contributed by atoms with Crippen LogP contribution in [0.4, 0.5) is 10.3 Å². The van der Waals surface area contributed by atoms with Crippen molar-refractivity contribution in [1.82, 2.24) is 20.3 Å². The van der Waals surface area contributed by atoms with E-state index in [4.69, 9.17) is 9.72 Å². The van der Waals surface area contributed by atoms with Crippen molar-refractivity contribution in [2.24, 2.45) is 5.92 Å². The Morgan fingerprint density at radius 3 is 2.71 bits per heavy atom. The highest BCUT2D eigenvalue weighted by atomic mass is 32.2. The van der Waals surface area contributed by atoms with Crippen LogP contribution in [-0.4, -0.2) is 48.3 Å². The van der Waals surface area contributed by atoms with Gasteiger partial charge in [-0.1, -0.05) is 25.0 Å². The number of halogens is 1. The van der Waals surface area contributed by atoms with Crippen LogP contribution in [0, 0.1) is 18.7 Å². The van der Waals surface area contributed by atoms with Gasteiger partial charge in [-0.15, -0.1) is 0 Å². The van der Waals surface area contributed by atoms with E-state index in [-0.39, 0.29) is 23.1 Å². The first-order chi connectivity index (χ1) is 19.9. The summed E-state index contributed by atoms with van der Waals surface area (Å²) in [6.45, 7) is 3.78. The second-order valence-corrected chi connectivity index (χ2v) is 13.3. The van der Waals surface area contributed by atoms with E-state index in [2.05, 4.69) is 20.6 Å². The molecule has 0 spiro atoms. The quantitative estimate of drug-likeness (QED) is 0.244. The number of anilines is 1. The molecule has 0 radical (unpaired) electrons. The molecule has 6 rings (SSSR count). The lowest BCUT2D eigenvalue weighted by atomic mass is 10.0. The van der Waals surface area contributed by atoms with E-state index in [0.717, 1.165) is 44.3 Å². The summed E-state index contributed by atoms with van der Waals surface area (Å²) in [5, 5.41) is 7.95. The van der Waals surface area contributed by atoms with Crippen molar-refractivity contribution < 1.29 is 17.5 Å². The summed E-state index contributed by atoms with van der Waals surface area (Å²) < 4.78 is 47.3. The summed E-state index contributed by atoms with van der Waals surface area (Å²) >= 11 is 0. The van der Waals surface area contributed by atoms with Crippen LogP contribution in [0.3, 0.4) is 0 Å². The lowest BCUT2D eigenvalue weighted by Gasteiger charge is -2.23. The monoisotopic (exact) mass is 575 g/mol. The van der Waals surface area contributed by atoms with E-state index in [9.17, 15) is 8.42 Å². The highest BCUT2D eigenvalue weighted by molar-refractivity contribution is 7.90. The van der Waals surface area contributed by atoms with Gasteiger partial charge in [-0.3, -0.25) is 0 Å². The maximum Gasteiger partial charge on any atom is 0.228 e. The number of nitrogens with one attached hydrogen (secondary N) is 2. The van der Waals surface area contributed by atoms with Gasteiger partial charge in [0, 0.05) is 35.9 Å². The van der Waals surface area contributed by atoms with Crippen molar-refractivity contribution in [2.45, 2.75) is 50.8 Å². The molecule has 41 heavy (non-hydrogen) atoms. The molecule has 1 aliphatic carbocycles. The minimum absolute atomic E-state index is 0.0764. The standard InChI is InChI=1S/C31H34FN5O3S/c1-20-6-9-23-24(10-11-27(32)26(23)19-41(38,39)17-13-21-7-8-21)29(20)40-30-25(5-3-15-34-30)28-12-16-35-31(37-28)36-22-4-2-14-33-18-22/h3,5-6,9-12,15-16,21-22,33H,2,4,7-8,13-14,17-19H2,1H3,(H,35,36,37)/t22-/m0/s1. The molecule has 4 aromatic rings. The molecule has 2 fully saturated rings. The van der Waals surface area contributed by atoms with E-state index in [1.165, 1.54) is 6.07 Å². The van der Waals surface area contributed by atoms with E-state index >= 15 is 4.39 Å². The number of hydrogen-bond acceptors (Lipinski definition) is 8. The van der Waals surface area contributed by atoms with Crippen molar-refractivity contribution in [3.63, 3.8) is 0 Å². The van der Waals surface area contributed by atoms with Crippen molar-refractivity contribution in [3.05, 3.63) is 71.8 Å². The Morgan fingerprint density at radius 2 is 1.90 bits per heavy atom. The van der Waals surface area contributed by atoms with Gasteiger partial charge in [0.05, 0.1) is 22.8 Å². The van der Waals surface area contributed by atoms with Gasteiger partial charge in [0.1, 0.15) is 11.6 Å². The molecular formula is C31H34FN5O3S. The Labute approximate surface area is 239 Å². The summed E-state index contributed by atoms with van der Waals surface area (Å²) in [6, 6.07) is 12.3. The Hall–Kier alpha value is -3.63. The average molecular weight is 576 g/mol. The molecule has 214 valence electrons. The highest BCUT2D eigenvalue weighted by Crippen LogP contribution is 2.39. The van der Waals surface area contributed by atoms with Crippen molar-refractivity contribution >= 4 is 26.6 Å². The van der Waals surface area contributed by atoms with Crippen LogP contribution >= 0.6 is 0 Å². The minimum atomic E-state index is -3.46. The Bertz CT molecular complexity index is 1670. The third-order valence-electron chi connectivity index (χ3n) is 7.83. The number of aromatic nitrogens is 3. The first-order valence-electron chi connectivity index (χ1n) is 14.2. The van der Waals surface area contributed by atoms with Gasteiger partial charge in [0.15, 0.2) is 9.84 Å². The van der Waals surface area contributed by atoms with Crippen molar-refractivity contribution in [2.75, 3.05) is 24.2 Å². The molecule has 0 bridgehead atoms. The van der Waals surface area contributed by atoms with Gasteiger partial charge in [-0.25, -0.2) is 27.8 Å². The predicted octanol–water partition coefficient (Wildman–Crippen LogP) is 5.81. The lowest BCUT2D eigenvalue weighted by Crippen LogP contribution is -2.38. The zero-order valence-corrected chi connectivity index (χ0v) is 23.9. The molecule has 1 saturated heterocycles. The third-order valence-corrected chi connectivity index (χ3v) is 9.42. The van der Waals surface area contributed by atoms with Gasteiger partial charge < -0.3 is 15.4 Å². The first kappa shape index (κ1) is 27.5. The number of fused-ring (bicyclic) bond motifs is 1. The maximum atomic E-state index is 15.1. The van der Waals surface area contributed by atoms with Crippen LogP contribution in [0.1, 0.15) is 43.2 Å². The number of rotatable bonds is 10. The van der Waals surface area contributed by atoms with E-state index in [1.54, 1.807) is 24.5 Å². The normalized spacial score (nSPS) is 17.5. The number of piperidine rings is 1. The minimum Gasteiger partial charge on any atom is -0.437 e. The number of benzene rings is 2. The second-order valence-electron chi connectivity index (χ2n) is 11.1. The summed E-state index contributed by atoms with van der Waals surface area (Å²) in [7, 11) is -3.46. The second kappa shape index (κ2) is 11.7. The zero-order chi connectivity index (χ0) is 28.4. The molecule has 8 nitrogen and oxygen atoms in total. The van der Waals surface area contributed by atoms with Crippen LogP contribution < -0.4 is 15.4 Å². The molecule has 2 N–H and O–H groups in total. The van der Waals surface area contributed by atoms with Gasteiger partial charge in [0.2, 0.25) is 11.8 Å². The smallest absolute Gasteiger partial charge is 0.228 e. The fourth-order valence-electron chi connectivity index (χ4n) is 5.35. The summed E-state index contributed by atoms with van der Waals surface area (Å²) in [6.07, 6.45) is 8.30. The van der Waals surface area contributed by atoms with Gasteiger partial charge in [0.25, 0.3) is 0 Å². The zero-order valence-electron chi connectivity index (χ0n) is 23.1. The predicted molar refractivity (Wildman–Crippen MR) is 158 cm³/mol. The van der Waals surface area contributed by atoms with Gasteiger partial charge >= 0.3 is 0 Å². The van der Waals surface area contributed by atoms with Crippen molar-refractivity contribution in [1.29, 1.82) is 0 Å². The van der Waals surface area contributed by atoms with Gasteiger partial charge in [-0.2, -0.15) is 0 Å². The molecule has 3 heterocycles. The largest absolute Gasteiger partial charge is 0.437 e. The SMILES string of the molecule is Cc1ccc2c(CS(=O)(=O)CCC3CC3)c(F)ccc2c1Oc1ncccc1-c1ccnc(N[C@H]2CCCNC2)n1. The van der Waals surface area contributed by atoms with Crippen LogP contribution in [0.5, 0.6) is 11.6 Å². The Balaban J connectivity index is 1.32. The number of pyridine rings is 1. The van der Waals surface area contributed by atoms with Gasteiger partial charge in [-0.05, 0) is 79.9 Å². The molecule has 10 heteroatoms. The molecule has 0 amide bonds. The molecule has 2 aromatic heterocycles. The fraction of sp³-hybridized carbons (Fsp3) is 0.387. The summed E-state index contributed by atoms with van der Waals surface area (Å²) in [5.41, 5.74) is 2.33. The third kappa shape index (κ3) is 6.49. The maximum absolute atomic E-state index is 15.1. The van der Waals surface area contributed by atoms with Crippen LogP contribution in [0.25, 0.3) is 22.0 Å². The highest BCUT2D eigenvalue weighted by Gasteiger charge is 2.26. The molecule has 1 aliphatic heterocycles. The van der Waals surface area contributed by atoms with Crippen molar-refractivity contribution in [3.8, 4) is 22.9 Å². The van der Waals surface area contributed by atoms with Crippen LogP contribution in [0.2, 0.25) is 0 Å². The summed E-state index contributed by atoms with van der Waals surface area (Å²) in [5.74, 6) is 1.07. The Kier molecular flexibility index (Phi) is 7.86. The number of sulfone groups is 1. The fourth-order valence-corrected chi connectivity index (χ4v) is 6.92. The average Bonchev–Trinajstić information content (AvgIpc) is 3.81. The van der Waals surface area contributed by atoms with Crippen LogP contribution in [0.15, 0.2) is 54.9 Å². The van der Waals surface area contributed by atoms with E-state index in [0.29, 0.717) is 51.9 Å². The number of nitrogens with zero attached hydrogens (tertiary/aromatic N) is 3. The molecule has 1 saturated carbocycles. The molecule has 1 atom stereocenters. The molecule has 0 unspecified atom stereocenters. The molecule has 2 aliphatic rings. The number of ether oxygens (including phenoxy) is 1. The van der Waals surface area contributed by atoms with E-state index < -0.39 is 15.7 Å². The first-order valence-corrected chi connectivity index (χ1v) is 16.0.